The molecule has 2 aromatic carbocycles. The van der Waals surface area contributed by atoms with Crippen molar-refractivity contribution >= 4 is 0 Å². The number of para-hydroxylation sites is 1. The third-order valence-corrected chi connectivity index (χ3v) is 3.79. The van der Waals surface area contributed by atoms with E-state index in [0.717, 1.165) is 29.0 Å². The van der Waals surface area contributed by atoms with Crippen molar-refractivity contribution in [1.29, 1.82) is 0 Å². The molecule has 0 spiro atoms. The molecule has 0 saturated carbocycles. The van der Waals surface area contributed by atoms with Crippen LogP contribution in [-0.4, -0.2) is 7.11 Å². The molecule has 3 rings (SSSR count). The number of methoxy groups -OCH3 is 1. The van der Waals surface area contributed by atoms with Crippen molar-refractivity contribution in [2.45, 2.75) is 25.5 Å². The molecule has 0 bridgehead atoms. The van der Waals surface area contributed by atoms with Crippen molar-refractivity contribution in [3.05, 3.63) is 59.2 Å². The molecule has 0 aromatic heterocycles. The maximum Gasteiger partial charge on any atom is 0.129 e. The van der Waals surface area contributed by atoms with E-state index >= 15 is 0 Å². The minimum Gasteiger partial charge on any atom is -0.496 e. The third kappa shape index (κ3) is 2.25. The van der Waals surface area contributed by atoms with E-state index in [4.69, 9.17) is 15.2 Å². The van der Waals surface area contributed by atoms with Crippen LogP contribution in [0.25, 0.3) is 0 Å². The quantitative estimate of drug-likeness (QED) is 0.907. The molecule has 0 aliphatic carbocycles. The molecule has 1 unspecified atom stereocenters. The summed E-state index contributed by atoms with van der Waals surface area (Å²) in [5, 5.41) is 0. The fourth-order valence-electron chi connectivity index (χ4n) is 2.75. The SMILES string of the molecule is COc1ccccc1C1C[C@H](N)c2cc(C)ccc2O1. The maximum absolute atomic E-state index is 6.31. The third-order valence-electron chi connectivity index (χ3n) is 3.79. The predicted molar refractivity (Wildman–Crippen MR) is 79.1 cm³/mol. The van der Waals surface area contributed by atoms with Gasteiger partial charge in [0, 0.05) is 23.6 Å². The van der Waals surface area contributed by atoms with E-state index in [0.29, 0.717) is 0 Å². The van der Waals surface area contributed by atoms with Gasteiger partial charge in [-0.25, -0.2) is 0 Å². The summed E-state index contributed by atoms with van der Waals surface area (Å²) in [6, 6.07) is 14.1. The second-order valence-corrected chi connectivity index (χ2v) is 5.23. The second kappa shape index (κ2) is 5.17. The van der Waals surface area contributed by atoms with E-state index in [1.807, 2.05) is 30.3 Å². The first-order valence-corrected chi connectivity index (χ1v) is 6.84. The van der Waals surface area contributed by atoms with Crippen molar-refractivity contribution in [2.24, 2.45) is 5.73 Å². The number of fused-ring (bicyclic) bond motifs is 1. The van der Waals surface area contributed by atoms with Gasteiger partial charge in [-0.2, -0.15) is 0 Å². The summed E-state index contributed by atoms with van der Waals surface area (Å²) in [4.78, 5) is 0. The summed E-state index contributed by atoms with van der Waals surface area (Å²) in [6.45, 7) is 2.07. The normalized spacial score (nSPS) is 20.9. The lowest BCUT2D eigenvalue weighted by molar-refractivity contribution is 0.158. The van der Waals surface area contributed by atoms with Gasteiger partial charge < -0.3 is 15.2 Å². The summed E-state index contributed by atoms with van der Waals surface area (Å²) in [5.41, 5.74) is 9.67. The molecule has 2 atom stereocenters. The first-order valence-electron chi connectivity index (χ1n) is 6.84. The van der Waals surface area contributed by atoms with Crippen molar-refractivity contribution < 1.29 is 9.47 Å². The average Bonchev–Trinajstić information content (AvgIpc) is 2.47. The Morgan fingerprint density at radius 1 is 1.15 bits per heavy atom. The Labute approximate surface area is 119 Å². The molecular weight excluding hydrogens is 250 g/mol. The Bertz CT molecular complexity index is 624. The van der Waals surface area contributed by atoms with E-state index in [1.165, 1.54) is 5.56 Å². The first kappa shape index (κ1) is 13.0. The molecule has 1 aliphatic heterocycles. The number of hydrogen-bond donors (Lipinski definition) is 1. The Kier molecular flexibility index (Phi) is 3.36. The highest BCUT2D eigenvalue weighted by atomic mass is 16.5. The lowest BCUT2D eigenvalue weighted by Crippen LogP contribution is -2.24. The van der Waals surface area contributed by atoms with Crippen LogP contribution in [0.15, 0.2) is 42.5 Å². The van der Waals surface area contributed by atoms with Crippen molar-refractivity contribution in [2.75, 3.05) is 7.11 Å². The summed E-state index contributed by atoms with van der Waals surface area (Å²) in [5.74, 6) is 1.73. The number of aryl methyl sites for hydroxylation is 1. The van der Waals surface area contributed by atoms with E-state index < -0.39 is 0 Å². The van der Waals surface area contributed by atoms with E-state index in [2.05, 4.69) is 19.1 Å². The van der Waals surface area contributed by atoms with Crippen molar-refractivity contribution in [3.8, 4) is 11.5 Å². The molecule has 1 heterocycles. The van der Waals surface area contributed by atoms with Gasteiger partial charge in [0.15, 0.2) is 0 Å². The molecule has 2 aromatic rings. The zero-order valence-electron chi connectivity index (χ0n) is 11.8. The van der Waals surface area contributed by atoms with Gasteiger partial charge in [0.1, 0.15) is 17.6 Å². The highest BCUT2D eigenvalue weighted by Gasteiger charge is 2.28. The van der Waals surface area contributed by atoms with Crippen LogP contribution in [0.5, 0.6) is 11.5 Å². The van der Waals surface area contributed by atoms with Gasteiger partial charge >= 0.3 is 0 Å². The van der Waals surface area contributed by atoms with Crippen LogP contribution in [0.1, 0.15) is 35.3 Å². The smallest absolute Gasteiger partial charge is 0.129 e. The largest absolute Gasteiger partial charge is 0.496 e. The standard InChI is InChI=1S/C17H19NO2/c1-11-7-8-16-13(9-11)14(18)10-17(20-16)12-5-3-4-6-15(12)19-2/h3-9,14,17H,10,18H2,1-2H3/t14-,17?/m0/s1. The highest BCUT2D eigenvalue weighted by molar-refractivity contribution is 5.43. The molecule has 0 radical (unpaired) electrons. The minimum atomic E-state index is -0.0589. The number of benzene rings is 2. The molecule has 1 aliphatic rings. The number of rotatable bonds is 2. The van der Waals surface area contributed by atoms with E-state index in [1.54, 1.807) is 7.11 Å². The van der Waals surface area contributed by atoms with Crippen LogP contribution >= 0.6 is 0 Å². The average molecular weight is 269 g/mol. The van der Waals surface area contributed by atoms with Crippen molar-refractivity contribution in [1.82, 2.24) is 0 Å². The van der Waals surface area contributed by atoms with Gasteiger partial charge in [-0.1, -0.05) is 35.9 Å². The Hall–Kier alpha value is -2.00. The molecule has 3 heteroatoms. The molecule has 0 fully saturated rings. The fraction of sp³-hybridized carbons (Fsp3) is 0.294. The fourth-order valence-corrected chi connectivity index (χ4v) is 2.75. The predicted octanol–water partition coefficient (Wildman–Crippen LogP) is 3.53. The number of hydrogen-bond acceptors (Lipinski definition) is 3. The molecule has 104 valence electrons. The Balaban J connectivity index is 1.97. The van der Waals surface area contributed by atoms with Crippen LogP contribution in [0.4, 0.5) is 0 Å². The zero-order valence-corrected chi connectivity index (χ0v) is 11.8. The highest BCUT2D eigenvalue weighted by Crippen LogP contribution is 2.42. The van der Waals surface area contributed by atoms with Crippen LogP contribution in [0.2, 0.25) is 0 Å². The van der Waals surface area contributed by atoms with Crippen LogP contribution in [0.3, 0.4) is 0 Å². The van der Waals surface area contributed by atoms with Crippen LogP contribution in [-0.2, 0) is 0 Å². The molecular formula is C17H19NO2. The minimum absolute atomic E-state index is 0.00596. The number of nitrogens with two attached hydrogens (primary N) is 1. The van der Waals surface area contributed by atoms with Gasteiger partial charge in [0.2, 0.25) is 0 Å². The zero-order chi connectivity index (χ0) is 14.1. The van der Waals surface area contributed by atoms with E-state index in [9.17, 15) is 0 Å². The summed E-state index contributed by atoms with van der Waals surface area (Å²) in [7, 11) is 1.68. The Morgan fingerprint density at radius 3 is 2.75 bits per heavy atom. The molecule has 3 nitrogen and oxygen atoms in total. The lowest BCUT2D eigenvalue weighted by atomic mass is 9.92. The molecule has 2 N–H and O–H groups in total. The second-order valence-electron chi connectivity index (χ2n) is 5.23. The summed E-state index contributed by atoms with van der Waals surface area (Å²) in [6.07, 6.45) is 0.702. The van der Waals surface area contributed by atoms with Gasteiger partial charge in [-0.3, -0.25) is 0 Å². The summed E-state index contributed by atoms with van der Waals surface area (Å²) >= 11 is 0. The van der Waals surface area contributed by atoms with Gasteiger partial charge in [-0.05, 0) is 19.1 Å². The van der Waals surface area contributed by atoms with Gasteiger partial charge in [0.05, 0.1) is 7.11 Å². The van der Waals surface area contributed by atoms with Crippen LogP contribution < -0.4 is 15.2 Å². The topological polar surface area (TPSA) is 44.5 Å². The number of ether oxygens (including phenoxy) is 2. The summed E-state index contributed by atoms with van der Waals surface area (Å²) < 4.78 is 11.5. The molecule has 0 amide bonds. The first-order chi connectivity index (χ1) is 9.69. The lowest BCUT2D eigenvalue weighted by Gasteiger charge is -2.31. The van der Waals surface area contributed by atoms with Crippen LogP contribution in [0, 0.1) is 6.92 Å². The maximum atomic E-state index is 6.31. The monoisotopic (exact) mass is 269 g/mol. The molecule has 0 saturated heterocycles. The Morgan fingerprint density at radius 2 is 1.95 bits per heavy atom. The van der Waals surface area contributed by atoms with E-state index in [-0.39, 0.29) is 12.1 Å². The molecule has 20 heavy (non-hydrogen) atoms. The van der Waals surface area contributed by atoms with Gasteiger partial charge in [0.25, 0.3) is 0 Å². The van der Waals surface area contributed by atoms with Crippen molar-refractivity contribution in [3.63, 3.8) is 0 Å². The van der Waals surface area contributed by atoms with Gasteiger partial charge in [-0.15, -0.1) is 0 Å².